The first-order valence-electron chi connectivity index (χ1n) is 10.0. The van der Waals surface area contributed by atoms with Crippen molar-refractivity contribution in [3.8, 4) is 0 Å². The van der Waals surface area contributed by atoms with Crippen LogP contribution in [0.3, 0.4) is 0 Å². The van der Waals surface area contributed by atoms with Crippen molar-refractivity contribution in [3.63, 3.8) is 0 Å². The fraction of sp³-hybridized carbons (Fsp3) is 0.636. The molecular weight excluding hydrogens is 356 g/mol. The van der Waals surface area contributed by atoms with Gasteiger partial charge in [0, 0.05) is 0 Å². The summed E-state index contributed by atoms with van der Waals surface area (Å²) in [4.78, 5) is 25.5. The average molecular weight is 389 g/mol. The Morgan fingerprint density at radius 2 is 1.70 bits per heavy atom. The zero-order chi connectivity index (χ0) is 19.7. The standard InChI is InChI=1S/C22H32O4Si/c1-25-20(23)22(21(24)26-2)13-17(18-11-8-12-19(18)22)15-27(3,4)14-16-9-6-5-7-10-16/h5-7,9-10,17-19H,8,11-15H2,1-4H3/t17-,18-,19-/m1/s1. The zero-order valence-corrected chi connectivity index (χ0v) is 18.0. The Morgan fingerprint density at radius 1 is 1.07 bits per heavy atom. The highest BCUT2D eigenvalue weighted by Gasteiger charge is 2.64. The van der Waals surface area contributed by atoms with Crippen molar-refractivity contribution in [2.24, 2.45) is 23.2 Å². The molecular formula is C22H32O4Si. The number of hydrogen-bond donors (Lipinski definition) is 0. The van der Waals surface area contributed by atoms with Gasteiger partial charge in [0.1, 0.15) is 0 Å². The summed E-state index contributed by atoms with van der Waals surface area (Å²) in [5, 5.41) is 0. The lowest BCUT2D eigenvalue weighted by atomic mass is 9.76. The highest BCUT2D eigenvalue weighted by atomic mass is 28.3. The molecule has 1 aromatic carbocycles. The average Bonchev–Trinajstić information content (AvgIpc) is 3.24. The van der Waals surface area contributed by atoms with E-state index < -0.39 is 25.4 Å². The van der Waals surface area contributed by atoms with Gasteiger partial charge in [-0.25, -0.2) is 0 Å². The van der Waals surface area contributed by atoms with Gasteiger partial charge >= 0.3 is 11.9 Å². The third-order valence-corrected chi connectivity index (χ3v) is 9.83. The second-order valence-electron chi connectivity index (χ2n) is 9.15. The van der Waals surface area contributed by atoms with Crippen LogP contribution in [0.2, 0.25) is 19.1 Å². The molecule has 148 valence electrons. The number of carbonyl (C=O) groups is 2. The minimum atomic E-state index is -1.53. The van der Waals surface area contributed by atoms with Crippen LogP contribution in [0.1, 0.15) is 31.2 Å². The maximum atomic E-state index is 12.8. The molecule has 27 heavy (non-hydrogen) atoms. The molecule has 2 fully saturated rings. The van der Waals surface area contributed by atoms with E-state index in [1.807, 2.05) is 0 Å². The van der Waals surface area contributed by atoms with Crippen LogP contribution in [0.4, 0.5) is 0 Å². The van der Waals surface area contributed by atoms with Gasteiger partial charge in [-0.2, -0.15) is 0 Å². The molecule has 2 aliphatic rings. The fourth-order valence-corrected chi connectivity index (χ4v) is 9.30. The Labute approximate surface area is 163 Å². The molecule has 4 nitrogen and oxygen atoms in total. The van der Waals surface area contributed by atoms with Crippen molar-refractivity contribution in [2.45, 2.75) is 50.9 Å². The lowest BCUT2D eigenvalue weighted by molar-refractivity contribution is -0.172. The van der Waals surface area contributed by atoms with E-state index in [0.717, 1.165) is 31.4 Å². The molecule has 0 unspecified atom stereocenters. The second kappa shape index (κ2) is 7.78. The van der Waals surface area contributed by atoms with E-state index in [4.69, 9.17) is 9.47 Å². The summed E-state index contributed by atoms with van der Waals surface area (Å²) in [6.45, 7) is 4.86. The SMILES string of the molecule is COC(=O)C1(C(=O)OC)C[C@H](C[Si](C)(C)Cc2ccccc2)[C@H]2CCC[C@H]21. The summed E-state index contributed by atoms with van der Waals surface area (Å²) in [5.41, 5.74) is 0.300. The van der Waals surface area contributed by atoms with Gasteiger partial charge in [-0.15, -0.1) is 0 Å². The molecule has 0 N–H and O–H groups in total. The molecule has 1 aromatic rings. The molecule has 3 rings (SSSR count). The molecule has 0 amide bonds. The Kier molecular flexibility index (Phi) is 5.80. The molecule has 0 spiro atoms. The Hall–Kier alpha value is -1.62. The van der Waals surface area contributed by atoms with Gasteiger partial charge in [-0.1, -0.05) is 61.5 Å². The van der Waals surface area contributed by atoms with Crippen LogP contribution >= 0.6 is 0 Å². The largest absolute Gasteiger partial charge is 0.468 e. The van der Waals surface area contributed by atoms with Gasteiger partial charge in [-0.05, 0) is 43.1 Å². The molecule has 0 saturated heterocycles. The van der Waals surface area contributed by atoms with E-state index in [1.54, 1.807) is 0 Å². The topological polar surface area (TPSA) is 52.6 Å². The van der Waals surface area contributed by atoms with Crippen LogP contribution in [-0.4, -0.2) is 34.2 Å². The van der Waals surface area contributed by atoms with E-state index in [2.05, 4.69) is 43.4 Å². The molecule has 0 aliphatic heterocycles. The maximum Gasteiger partial charge on any atom is 0.323 e. The van der Waals surface area contributed by atoms with Gasteiger partial charge in [-0.3, -0.25) is 9.59 Å². The first-order chi connectivity index (χ1) is 12.8. The highest BCUT2D eigenvalue weighted by molar-refractivity contribution is 6.76. The van der Waals surface area contributed by atoms with Crippen molar-refractivity contribution < 1.29 is 19.1 Å². The van der Waals surface area contributed by atoms with E-state index >= 15 is 0 Å². The summed E-state index contributed by atoms with van der Waals surface area (Å²) in [7, 11) is 1.25. The molecule has 5 heteroatoms. The quantitative estimate of drug-likeness (QED) is 0.415. The van der Waals surface area contributed by atoms with Gasteiger partial charge < -0.3 is 9.47 Å². The number of fused-ring (bicyclic) bond motifs is 1. The molecule has 0 radical (unpaired) electrons. The van der Waals surface area contributed by atoms with Crippen LogP contribution in [0.5, 0.6) is 0 Å². The van der Waals surface area contributed by atoms with Gasteiger partial charge in [0.15, 0.2) is 5.41 Å². The summed E-state index contributed by atoms with van der Waals surface area (Å²) < 4.78 is 10.2. The van der Waals surface area contributed by atoms with E-state index in [0.29, 0.717) is 18.3 Å². The summed E-state index contributed by atoms with van der Waals surface area (Å²) in [6.07, 6.45) is 3.71. The van der Waals surface area contributed by atoms with Crippen molar-refractivity contribution in [2.75, 3.05) is 14.2 Å². The van der Waals surface area contributed by atoms with Crippen molar-refractivity contribution in [3.05, 3.63) is 35.9 Å². The minimum absolute atomic E-state index is 0.0731. The number of rotatable bonds is 6. The number of ether oxygens (including phenoxy) is 2. The summed E-state index contributed by atoms with van der Waals surface area (Å²) >= 11 is 0. The van der Waals surface area contributed by atoms with Crippen molar-refractivity contribution >= 4 is 20.0 Å². The molecule has 2 saturated carbocycles. The van der Waals surface area contributed by atoms with Crippen LogP contribution in [0.15, 0.2) is 30.3 Å². The second-order valence-corrected chi connectivity index (χ2v) is 14.2. The molecule has 0 aromatic heterocycles. The highest BCUT2D eigenvalue weighted by Crippen LogP contribution is 2.60. The smallest absolute Gasteiger partial charge is 0.323 e. The lowest BCUT2D eigenvalue weighted by Gasteiger charge is -2.29. The summed E-state index contributed by atoms with van der Waals surface area (Å²) in [6, 6.07) is 12.9. The van der Waals surface area contributed by atoms with Crippen LogP contribution in [-0.2, 0) is 25.1 Å². The predicted octanol–water partition coefficient (Wildman–Crippen LogP) is 4.25. The lowest BCUT2D eigenvalue weighted by Crippen LogP contribution is -2.44. The molecule has 2 aliphatic carbocycles. The van der Waals surface area contributed by atoms with Crippen LogP contribution in [0.25, 0.3) is 0 Å². The first-order valence-corrected chi connectivity index (χ1v) is 13.5. The first kappa shape index (κ1) is 20.1. The van der Waals surface area contributed by atoms with E-state index in [-0.39, 0.29) is 5.92 Å². The van der Waals surface area contributed by atoms with Gasteiger partial charge in [0.25, 0.3) is 0 Å². The Bertz CT molecular complexity index is 669. The number of carbonyl (C=O) groups excluding carboxylic acids is 2. The maximum absolute atomic E-state index is 12.8. The van der Waals surface area contributed by atoms with E-state index in [9.17, 15) is 9.59 Å². The number of benzene rings is 1. The van der Waals surface area contributed by atoms with Gasteiger partial charge in [0.05, 0.1) is 22.3 Å². The third kappa shape index (κ3) is 3.71. The zero-order valence-electron chi connectivity index (χ0n) is 17.0. The Balaban J connectivity index is 1.84. The monoisotopic (exact) mass is 388 g/mol. The number of hydrogen-bond acceptors (Lipinski definition) is 4. The molecule has 3 atom stereocenters. The Morgan fingerprint density at radius 3 is 2.30 bits per heavy atom. The minimum Gasteiger partial charge on any atom is -0.468 e. The van der Waals surface area contributed by atoms with E-state index in [1.165, 1.54) is 19.8 Å². The van der Waals surface area contributed by atoms with Crippen molar-refractivity contribution in [1.29, 1.82) is 0 Å². The van der Waals surface area contributed by atoms with Crippen LogP contribution < -0.4 is 0 Å². The fourth-order valence-electron chi connectivity index (χ4n) is 5.95. The molecule has 0 bridgehead atoms. The third-order valence-electron chi connectivity index (χ3n) is 6.83. The normalized spacial score (nSPS) is 26.4. The summed E-state index contributed by atoms with van der Waals surface area (Å²) in [5.74, 6) is 0.128. The molecule has 0 heterocycles. The van der Waals surface area contributed by atoms with Crippen molar-refractivity contribution in [1.82, 2.24) is 0 Å². The van der Waals surface area contributed by atoms with Gasteiger partial charge in [0.2, 0.25) is 0 Å². The van der Waals surface area contributed by atoms with Crippen LogP contribution in [0, 0.1) is 23.2 Å². The number of methoxy groups -OCH3 is 2. The number of esters is 2. The predicted molar refractivity (Wildman–Crippen MR) is 108 cm³/mol.